The average molecular weight is 419 g/mol. The van der Waals surface area contributed by atoms with E-state index >= 15 is 0 Å². The molecule has 0 unspecified atom stereocenters. The van der Waals surface area contributed by atoms with Crippen molar-refractivity contribution in [1.82, 2.24) is 4.31 Å². The first-order valence-electron chi connectivity index (χ1n) is 9.59. The number of nitrogens with zero attached hydrogens (tertiary/aromatic N) is 2. The van der Waals surface area contributed by atoms with Gasteiger partial charge in [0.05, 0.1) is 15.5 Å². The molecule has 2 heterocycles. The van der Waals surface area contributed by atoms with E-state index in [4.69, 9.17) is 11.6 Å². The molecule has 0 bridgehead atoms. The molecule has 5 nitrogen and oxygen atoms in total. The summed E-state index contributed by atoms with van der Waals surface area (Å²) >= 11 is 6.32. The van der Waals surface area contributed by atoms with Gasteiger partial charge in [0, 0.05) is 25.3 Å². The van der Waals surface area contributed by atoms with Gasteiger partial charge < -0.3 is 4.90 Å². The molecule has 2 aromatic carbocycles. The highest BCUT2D eigenvalue weighted by Gasteiger charge is 2.30. The van der Waals surface area contributed by atoms with Gasteiger partial charge in [-0.25, -0.2) is 8.42 Å². The van der Waals surface area contributed by atoms with Gasteiger partial charge in [0.1, 0.15) is 0 Å². The van der Waals surface area contributed by atoms with Crippen molar-refractivity contribution in [1.29, 1.82) is 0 Å². The first-order chi connectivity index (χ1) is 13.4. The maximum absolute atomic E-state index is 13.3. The number of anilines is 1. The molecule has 1 amide bonds. The normalized spacial score (nSPS) is 17.6. The summed E-state index contributed by atoms with van der Waals surface area (Å²) in [5, 5.41) is 0.268. The molecule has 28 heavy (non-hydrogen) atoms. The zero-order valence-corrected chi connectivity index (χ0v) is 17.4. The van der Waals surface area contributed by atoms with E-state index in [0.29, 0.717) is 19.6 Å². The van der Waals surface area contributed by atoms with E-state index in [9.17, 15) is 13.2 Å². The summed E-state index contributed by atoms with van der Waals surface area (Å²) in [6.07, 6.45) is 3.52. The van der Waals surface area contributed by atoms with Gasteiger partial charge in [-0.2, -0.15) is 4.31 Å². The topological polar surface area (TPSA) is 57.7 Å². The largest absolute Gasteiger partial charge is 0.308 e. The molecule has 148 valence electrons. The van der Waals surface area contributed by atoms with Crippen LogP contribution in [0.25, 0.3) is 0 Å². The Morgan fingerprint density at radius 1 is 1.00 bits per heavy atom. The molecular formula is C21H23ClN2O3S. The molecular weight excluding hydrogens is 396 g/mol. The fraction of sp³-hybridized carbons (Fsp3) is 0.381. The van der Waals surface area contributed by atoms with E-state index < -0.39 is 10.0 Å². The molecule has 2 aliphatic heterocycles. The van der Waals surface area contributed by atoms with E-state index in [1.54, 1.807) is 4.90 Å². The number of carbonyl (C=O) groups is 1. The number of aryl methyl sites for hydroxylation is 2. The maximum atomic E-state index is 13.3. The van der Waals surface area contributed by atoms with Crippen molar-refractivity contribution in [3.63, 3.8) is 0 Å². The molecule has 2 aromatic rings. The second-order valence-electron chi connectivity index (χ2n) is 7.45. The Kier molecular flexibility index (Phi) is 5.21. The highest BCUT2D eigenvalue weighted by Crippen LogP contribution is 2.32. The Bertz CT molecular complexity index is 1030. The minimum atomic E-state index is -3.60. The minimum absolute atomic E-state index is 0.128. The van der Waals surface area contributed by atoms with Crippen LogP contribution in [0.4, 0.5) is 5.69 Å². The lowest BCUT2D eigenvalue weighted by atomic mass is 9.99. The van der Waals surface area contributed by atoms with Crippen LogP contribution in [0.2, 0.25) is 5.02 Å². The van der Waals surface area contributed by atoms with E-state index in [0.717, 1.165) is 42.5 Å². The van der Waals surface area contributed by atoms with Gasteiger partial charge in [-0.15, -0.1) is 0 Å². The van der Waals surface area contributed by atoms with Crippen molar-refractivity contribution in [2.24, 2.45) is 0 Å². The molecule has 1 fully saturated rings. The highest BCUT2D eigenvalue weighted by atomic mass is 35.5. The van der Waals surface area contributed by atoms with E-state index in [2.05, 4.69) is 6.07 Å². The molecule has 0 aliphatic carbocycles. The quantitative estimate of drug-likeness (QED) is 0.756. The number of fused-ring (bicyclic) bond motifs is 1. The number of benzene rings is 2. The summed E-state index contributed by atoms with van der Waals surface area (Å²) in [5.41, 5.74) is 3.41. The standard InChI is InChI=1S/C21H23ClN2O3S/c1-15-6-9-20-16(13-15)5-4-12-24(20)21(25)18-14-17(7-8-19(18)22)28(26,27)23-10-2-3-11-23/h6-9,13-14H,2-5,10-12H2,1H3. The Balaban J connectivity index is 1.71. The fourth-order valence-corrected chi connectivity index (χ4v) is 5.73. The Hall–Kier alpha value is -1.89. The van der Waals surface area contributed by atoms with Gasteiger partial charge in [-0.1, -0.05) is 29.3 Å². The number of sulfonamides is 1. The van der Waals surface area contributed by atoms with Crippen LogP contribution in [-0.4, -0.2) is 38.3 Å². The molecule has 1 saturated heterocycles. The van der Waals surface area contributed by atoms with Crippen LogP contribution in [0, 0.1) is 6.92 Å². The molecule has 0 aromatic heterocycles. The van der Waals surface area contributed by atoms with E-state index in [1.165, 1.54) is 22.5 Å². The number of halogens is 1. The SMILES string of the molecule is Cc1ccc2c(c1)CCCN2C(=O)c1cc(S(=O)(=O)N2CCCC2)ccc1Cl. The summed E-state index contributed by atoms with van der Waals surface area (Å²) in [6, 6.07) is 10.5. The van der Waals surface area contributed by atoms with Crippen LogP contribution in [0.5, 0.6) is 0 Å². The van der Waals surface area contributed by atoms with Crippen LogP contribution >= 0.6 is 11.6 Å². The molecule has 7 heteroatoms. The first kappa shape index (κ1) is 19.4. The van der Waals surface area contributed by atoms with Crippen LogP contribution in [0.1, 0.15) is 40.7 Å². The second kappa shape index (κ2) is 7.50. The molecule has 0 saturated carbocycles. The predicted octanol–water partition coefficient (Wildman–Crippen LogP) is 4.03. The zero-order chi connectivity index (χ0) is 19.9. The third-order valence-electron chi connectivity index (χ3n) is 5.47. The van der Waals surface area contributed by atoms with E-state index in [1.807, 2.05) is 19.1 Å². The second-order valence-corrected chi connectivity index (χ2v) is 9.79. The van der Waals surface area contributed by atoms with Gasteiger partial charge in [0.25, 0.3) is 5.91 Å². The van der Waals surface area contributed by atoms with Crippen molar-refractivity contribution in [3.8, 4) is 0 Å². The molecule has 0 spiro atoms. The van der Waals surface area contributed by atoms with Crippen LogP contribution in [0.15, 0.2) is 41.3 Å². The monoisotopic (exact) mass is 418 g/mol. The maximum Gasteiger partial charge on any atom is 0.259 e. The number of carbonyl (C=O) groups excluding carboxylic acids is 1. The minimum Gasteiger partial charge on any atom is -0.308 e. The first-order valence-corrected chi connectivity index (χ1v) is 11.4. The summed E-state index contributed by atoms with van der Waals surface area (Å²) in [6.45, 7) is 3.67. The third kappa shape index (κ3) is 3.45. The summed E-state index contributed by atoms with van der Waals surface area (Å²) in [5.74, 6) is -0.256. The van der Waals surface area contributed by atoms with Crippen LogP contribution < -0.4 is 4.90 Å². The Morgan fingerprint density at radius 2 is 1.75 bits per heavy atom. The van der Waals surface area contributed by atoms with Gasteiger partial charge in [-0.05, 0) is 62.4 Å². The van der Waals surface area contributed by atoms with Gasteiger partial charge in [0.2, 0.25) is 10.0 Å². The molecule has 4 rings (SSSR count). The average Bonchev–Trinajstić information content (AvgIpc) is 3.22. The van der Waals surface area contributed by atoms with Gasteiger partial charge in [0.15, 0.2) is 0 Å². The fourth-order valence-electron chi connectivity index (χ4n) is 3.99. The lowest BCUT2D eigenvalue weighted by Gasteiger charge is -2.30. The van der Waals surface area contributed by atoms with Crippen LogP contribution in [0.3, 0.4) is 0 Å². The van der Waals surface area contributed by atoms with Gasteiger partial charge in [-0.3, -0.25) is 4.79 Å². The lowest BCUT2D eigenvalue weighted by Crippen LogP contribution is -2.36. The van der Waals surface area contributed by atoms with Crippen molar-refractivity contribution in [2.75, 3.05) is 24.5 Å². The molecule has 0 radical (unpaired) electrons. The van der Waals surface area contributed by atoms with Crippen molar-refractivity contribution in [3.05, 3.63) is 58.1 Å². The molecule has 0 N–H and O–H groups in total. The van der Waals surface area contributed by atoms with Gasteiger partial charge >= 0.3 is 0 Å². The number of amides is 1. The Labute approximate surface area is 171 Å². The van der Waals surface area contributed by atoms with Crippen molar-refractivity contribution < 1.29 is 13.2 Å². The van der Waals surface area contributed by atoms with Crippen LogP contribution in [-0.2, 0) is 16.4 Å². The van der Waals surface area contributed by atoms with E-state index in [-0.39, 0.29) is 21.4 Å². The summed E-state index contributed by atoms with van der Waals surface area (Å²) in [4.78, 5) is 15.1. The predicted molar refractivity (Wildman–Crippen MR) is 111 cm³/mol. The number of hydrogen-bond acceptors (Lipinski definition) is 3. The third-order valence-corrected chi connectivity index (χ3v) is 7.69. The number of hydrogen-bond donors (Lipinski definition) is 0. The highest BCUT2D eigenvalue weighted by molar-refractivity contribution is 7.89. The Morgan fingerprint density at radius 3 is 2.50 bits per heavy atom. The zero-order valence-electron chi connectivity index (χ0n) is 15.8. The van der Waals surface area contributed by atoms with Crippen molar-refractivity contribution in [2.45, 2.75) is 37.5 Å². The smallest absolute Gasteiger partial charge is 0.259 e. The molecule has 0 atom stereocenters. The summed E-state index contributed by atoms with van der Waals surface area (Å²) in [7, 11) is -3.60. The lowest BCUT2D eigenvalue weighted by molar-refractivity contribution is 0.0985. The number of rotatable bonds is 3. The molecule has 2 aliphatic rings. The summed E-state index contributed by atoms with van der Waals surface area (Å²) < 4.78 is 27.3. The van der Waals surface area contributed by atoms with Crippen molar-refractivity contribution >= 4 is 33.2 Å².